The molecule has 0 radical (unpaired) electrons. The van der Waals surface area contributed by atoms with E-state index in [-0.39, 0.29) is 17.9 Å². The molecule has 4 heteroatoms. The molecule has 4 nitrogen and oxygen atoms in total. The van der Waals surface area contributed by atoms with E-state index in [0.29, 0.717) is 17.3 Å². The molecule has 2 bridgehead atoms. The second kappa shape index (κ2) is 5.64. The van der Waals surface area contributed by atoms with E-state index in [1.165, 1.54) is 38.5 Å². The molecule has 20 heavy (non-hydrogen) atoms. The summed E-state index contributed by atoms with van der Waals surface area (Å²) < 4.78 is 5.20. The number of fused-ring (bicyclic) bond motifs is 2. The zero-order valence-electron chi connectivity index (χ0n) is 12.6. The van der Waals surface area contributed by atoms with Gasteiger partial charge < -0.3 is 15.8 Å². The van der Waals surface area contributed by atoms with Gasteiger partial charge in [0.25, 0.3) is 0 Å². The maximum Gasteiger partial charge on any atom is 0.224 e. The molecule has 3 fully saturated rings. The van der Waals surface area contributed by atoms with Crippen molar-refractivity contribution in [2.24, 2.45) is 28.9 Å². The van der Waals surface area contributed by atoms with Gasteiger partial charge in [-0.2, -0.15) is 0 Å². The minimum atomic E-state index is 0.0771. The Labute approximate surface area is 121 Å². The van der Waals surface area contributed by atoms with E-state index in [9.17, 15) is 4.79 Å². The number of ether oxygens (including phenoxy) is 1. The van der Waals surface area contributed by atoms with Crippen LogP contribution in [0.2, 0.25) is 0 Å². The van der Waals surface area contributed by atoms with E-state index in [2.05, 4.69) is 5.32 Å². The van der Waals surface area contributed by atoms with Crippen molar-refractivity contribution in [3.8, 4) is 0 Å². The maximum atomic E-state index is 12.5. The van der Waals surface area contributed by atoms with Crippen LogP contribution in [-0.4, -0.2) is 32.2 Å². The Bertz CT molecular complexity index is 365. The van der Waals surface area contributed by atoms with E-state index in [0.717, 1.165) is 19.6 Å². The molecular weight excluding hydrogens is 252 g/mol. The average molecular weight is 280 g/mol. The Morgan fingerprint density at radius 3 is 2.65 bits per heavy atom. The van der Waals surface area contributed by atoms with Gasteiger partial charge in [0.15, 0.2) is 0 Å². The standard InChI is InChI=1S/C16H28N2O2/c1-20-8-7-16(5-2-6-16)10-18-15(19)13-11-3-4-12(9-11)14(13)17/h11-14H,2-10,17H2,1H3,(H,18,19). The normalized spacial score (nSPS) is 37.7. The van der Waals surface area contributed by atoms with Crippen molar-refractivity contribution in [2.75, 3.05) is 20.3 Å². The smallest absolute Gasteiger partial charge is 0.224 e. The highest BCUT2D eigenvalue weighted by atomic mass is 16.5. The van der Waals surface area contributed by atoms with Crippen LogP contribution in [0.5, 0.6) is 0 Å². The van der Waals surface area contributed by atoms with Gasteiger partial charge in [0.1, 0.15) is 0 Å². The van der Waals surface area contributed by atoms with E-state index in [1.54, 1.807) is 7.11 Å². The molecule has 0 heterocycles. The summed E-state index contributed by atoms with van der Waals surface area (Å²) >= 11 is 0. The van der Waals surface area contributed by atoms with Crippen LogP contribution in [0.1, 0.15) is 44.9 Å². The first-order valence-electron chi connectivity index (χ1n) is 8.17. The summed E-state index contributed by atoms with van der Waals surface area (Å²) in [6, 6.07) is 0.102. The zero-order chi connectivity index (χ0) is 14.2. The predicted molar refractivity (Wildman–Crippen MR) is 78.1 cm³/mol. The Hall–Kier alpha value is -0.610. The van der Waals surface area contributed by atoms with E-state index < -0.39 is 0 Å². The van der Waals surface area contributed by atoms with E-state index in [4.69, 9.17) is 10.5 Å². The number of carbonyl (C=O) groups is 1. The average Bonchev–Trinajstić information content (AvgIpc) is 2.97. The first-order chi connectivity index (χ1) is 9.65. The van der Waals surface area contributed by atoms with Crippen LogP contribution in [0, 0.1) is 23.2 Å². The molecule has 0 saturated heterocycles. The molecule has 114 valence electrons. The number of nitrogens with one attached hydrogen (secondary N) is 1. The number of carbonyl (C=O) groups excluding carboxylic acids is 1. The lowest BCUT2D eigenvalue weighted by atomic mass is 9.66. The molecule has 1 amide bonds. The fraction of sp³-hybridized carbons (Fsp3) is 0.938. The van der Waals surface area contributed by atoms with Crippen molar-refractivity contribution < 1.29 is 9.53 Å². The highest BCUT2D eigenvalue weighted by Gasteiger charge is 2.49. The number of amides is 1. The third-order valence-corrected chi connectivity index (χ3v) is 6.17. The number of nitrogens with two attached hydrogens (primary N) is 1. The van der Waals surface area contributed by atoms with Gasteiger partial charge >= 0.3 is 0 Å². The minimum Gasteiger partial charge on any atom is -0.385 e. The summed E-state index contributed by atoms with van der Waals surface area (Å²) in [6.07, 6.45) is 8.39. The summed E-state index contributed by atoms with van der Waals surface area (Å²) in [5, 5.41) is 3.22. The highest BCUT2D eigenvalue weighted by molar-refractivity contribution is 5.80. The monoisotopic (exact) mass is 280 g/mol. The Kier molecular flexibility index (Phi) is 4.04. The molecule has 0 aliphatic heterocycles. The summed E-state index contributed by atoms with van der Waals surface area (Å²) in [6.45, 7) is 1.61. The second-order valence-electron chi connectivity index (χ2n) is 7.25. The fourth-order valence-corrected chi connectivity index (χ4v) is 4.63. The number of rotatable bonds is 6. The molecule has 3 saturated carbocycles. The molecule has 4 atom stereocenters. The summed E-state index contributed by atoms with van der Waals surface area (Å²) in [5.74, 6) is 1.44. The summed E-state index contributed by atoms with van der Waals surface area (Å²) in [7, 11) is 1.75. The second-order valence-corrected chi connectivity index (χ2v) is 7.25. The third-order valence-electron chi connectivity index (χ3n) is 6.17. The Morgan fingerprint density at radius 2 is 2.10 bits per heavy atom. The third kappa shape index (κ3) is 2.48. The summed E-state index contributed by atoms with van der Waals surface area (Å²) in [5.41, 5.74) is 6.55. The lowest BCUT2D eigenvalue weighted by molar-refractivity contribution is -0.128. The molecule has 3 N–H and O–H groups in total. The highest BCUT2D eigenvalue weighted by Crippen LogP contribution is 2.48. The van der Waals surface area contributed by atoms with Crippen molar-refractivity contribution in [2.45, 2.75) is 51.0 Å². The van der Waals surface area contributed by atoms with Crippen LogP contribution in [-0.2, 0) is 9.53 Å². The molecule has 3 rings (SSSR count). The molecule has 0 aromatic carbocycles. The molecule has 3 aliphatic rings. The van der Waals surface area contributed by atoms with Crippen LogP contribution < -0.4 is 11.1 Å². The van der Waals surface area contributed by atoms with Gasteiger partial charge in [0.2, 0.25) is 5.91 Å². The van der Waals surface area contributed by atoms with Gasteiger partial charge in [-0.1, -0.05) is 6.42 Å². The molecule has 0 aromatic heterocycles. The van der Waals surface area contributed by atoms with Gasteiger partial charge in [-0.3, -0.25) is 4.79 Å². The van der Waals surface area contributed by atoms with Gasteiger partial charge in [-0.25, -0.2) is 0 Å². The fourth-order valence-electron chi connectivity index (χ4n) is 4.63. The van der Waals surface area contributed by atoms with Gasteiger partial charge in [0, 0.05) is 26.3 Å². The Balaban J connectivity index is 1.52. The van der Waals surface area contributed by atoms with Crippen LogP contribution in [0.25, 0.3) is 0 Å². The molecule has 3 aliphatic carbocycles. The van der Waals surface area contributed by atoms with Crippen molar-refractivity contribution in [1.29, 1.82) is 0 Å². The van der Waals surface area contributed by atoms with Crippen LogP contribution in [0.15, 0.2) is 0 Å². The minimum absolute atomic E-state index is 0.0771. The quantitative estimate of drug-likeness (QED) is 0.778. The van der Waals surface area contributed by atoms with Gasteiger partial charge in [0.05, 0.1) is 5.92 Å². The molecule has 0 spiro atoms. The topological polar surface area (TPSA) is 64.3 Å². The van der Waals surface area contributed by atoms with Crippen LogP contribution in [0.3, 0.4) is 0 Å². The maximum absolute atomic E-state index is 12.5. The van der Waals surface area contributed by atoms with E-state index in [1.807, 2.05) is 0 Å². The van der Waals surface area contributed by atoms with Crippen molar-refractivity contribution >= 4 is 5.91 Å². The molecule has 0 aromatic rings. The predicted octanol–water partition coefficient (Wildman–Crippen LogP) is 1.68. The van der Waals surface area contributed by atoms with Gasteiger partial charge in [-0.15, -0.1) is 0 Å². The van der Waals surface area contributed by atoms with E-state index >= 15 is 0 Å². The number of hydrogen-bond acceptors (Lipinski definition) is 3. The van der Waals surface area contributed by atoms with Crippen molar-refractivity contribution in [3.05, 3.63) is 0 Å². The van der Waals surface area contributed by atoms with Gasteiger partial charge in [-0.05, 0) is 55.8 Å². The molecular formula is C16H28N2O2. The largest absolute Gasteiger partial charge is 0.385 e. The summed E-state index contributed by atoms with van der Waals surface area (Å²) in [4.78, 5) is 12.5. The Morgan fingerprint density at radius 1 is 1.35 bits per heavy atom. The SMILES string of the molecule is COCCC1(CNC(=O)C2C3CCC(C3)C2N)CCC1. The van der Waals surface area contributed by atoms with Crippen molar-refractivity contribution in [1.82, 2.24) is 5.32 Å². The molecule has 4 unspecified atom stereocenters. The number of hydrogen-bond donors (Lipinski definition) is 2. The number of methoxy groups -OCH3 is 1. The van der Waals surface area contributed by atoms with Crippen LogP contribution in [0.4, 0.5) is 0 Å². The first-order valence-corrected chi connectivity index (χ1v) is 8.17. The van der Waals surface area contributed by atoms with Crippen molar-refractivity contribution in [3.63, 3.8) is 0 Å². The lowest BCUT2D eigenvalue weighted by Crippen LogP contribution is -2.49. The lowest BCUT2D eigenvalue weighted by Gasteiger charge is -2.42. The first kappa shape index (κ1) is 14.3. The van der Waals surface area contributed by atoms with Crippen LogP contribution >= 0.6 is 0 Å². The zero-order valence-corrected chi connectivity index (χ0v) is 12.6.